The number of aliphatic imine (C=N–C) groups is 1. The molecule has 3 N–H and O–H groups in total. The molecule has 8 heteroatoms. The lowest BCUT2D eigenvalue weighted by atomic mass is 10.2. The summed E-state index contributed by atoms with van der Waals surface area (Å²) in [6.07, 6.45) is -2.74. The van der Waals surface area contributed by atoms with E-state index in [-0.39, 0.29) is 5.82 Å². The normalized spacial score (nSPS) is 14.7. The smallest absolute Gasteiger partial charge is 0.321 e. The van der Waals surface area contributed by atoms with Crippen molar-refractivity contribution in [1.82, 2.24) is 15.2 Å². The first-order valence-electron chi connectivity index (χ1n) is 4.11. The van der Waals surface area contributed by atoms with E-state index in [2.05, 4.69) is 20.2 Å². The van der Waals surface area contributed by atoms with Crippen LogP contribution in [0, 0.1) is 0 Å². The molecule has 1 atom stereocenters. The van der Waals surface area contributed by atoms with E-state index in [1.165, 1.54) is 6.21 Å². The summed E-state index contributed by atoms with van der Waals surface area (Å²) in [6, 6.07) is -0.655. The minimum atomic E-state index is -4.55. The fourth-order valence-electron chi connectivity index (χ4n) is 0.898. The van der Waals surface area contributed by atoms with Gasteiger partial charge in [0.15, 0.2) is 0 Å². The lowest BCUT2D eigenvalue weighted by Crippen LogP contribution is -2.13. The summed E-state index contributed by atoms with van der Waals surface area (Å²) in [5.74, 6) is -1.20. The van der Waals surface area contributed by atoms with Crippen LogP contribution < -0.4 is 5.73 Å². The Bertz CT molecular complexity index is 343. The molecule has 0 bridgehead atoms. The fraction of sp³-hybridized carbons (Fsp3) is 0.571. The Morgan fingerprint density at radius 3 is 2.73 bits per heavy atom. The quantitative estimate of drug-likeness (QED) is 0.744. The van der Waals surface area contributed by atoms with E-state index in [0.29, 0.717) is 6.42 Å². The second-order valence-electron chi connectivity index (χ2n) is 2.82. The van der Waals surface area contributed by atoms with E-state index in [1.54, 1.807) is 7.05 Å². The number of hydrogen-bond donors (Lipinski definition) is 2. The Morgan fingerprint density at radius 2 is 2.27 bits per heavy atom. The molecule has 1 aromatic heterocycles. The van der Waals surface area contributed by atoms with E-state index in [0.717, 1.165) is 0 Å². The molecule has 0 unspecified atom stereocenters. The van der Waals surface area contributed by atoms with E-state index in [1.807, 2.05) is 0 Å². The van der Waals surface area contributed by atoms with Gasteiger partial charge >= 0.3 is 6.18 Å². The number of hydrogen-bond acceptors (Lipinski definition) is 4. The number of alkyl halides is 3. The van der Waals surface area contributed by atoms with Gasteiger partial charge in [-0.25, -0.2) is 4.98 Å². The molecule has 84 valence electrons. The molecule has 0 saturated carbocycles. The number of nitrogens with one attached hydrogen (secondary N) is 1. The van der Waals surface area contributed by atoms with E-state index in [4.69, 9.17) is 5.73 Å². The standard InChI is InChI=1S/C7H10F3N5/c1-12-3-2-4(11)5-13-6(15-14-5)7(8,9)10/h3-4H,2,11H2,1H3,(H,13,14,15)/t4-/m1/s1. The number of nitrogens with zero attached hydrogens (tertiary/aromatic N) is 3. The molecule has 0 aliphatic rings. The molecule has 0 aliphatic heterocycles. The van der Waals surface area contributed by atoms with Gasteiger partial charge in [-0.2, -0.15) is 13.2 Å². The second kappa shape index (κ2) is 4.39. The molecule has 0 amide bonds. The average molecular weight is 221 g/mol. The Morgan fingerprint density at radius 1 is 1.60 bits per heavy atom. The summed E-state index contributed by atoms with van der Waals surface area (Å²) in [7, 11) is 1.55. The average Bonchev–Trinajstić information content (AvgIpc) is 2.62. The summed E-state index contributed by atoms with van der Waals surface area (Å²) in [6.45, 7) is 0. The zero-order valence-corrected chi connectivity index (χ0v) is 7.91. The SMILES string of the molecule is CN=CC[C@@H](N)c1nc(C(F)(F)F)n[nH]1. The van der Waals surface area contributed by atoms with E-state index < -0.39 is 18.0 Å². The molecular weight excluding hydrogens is 211 g/mol. The van der Waals surface area contributed by atoms with Crippen LogP contribution in [-0.4, -0.2) is 28.4 Å². The first-order valence-corrected chi connectivity index (χ1v) is 4.11. The van der Waals surface area contributed by atoms with Crippen molar-refractivity contribution in [1.29, 1.82) is 0 Å². The maximum Gasteiger partial charge on any atom is 0.453 e. The predicted octanol–water partition coefficient (Wildman–Crippen LogP) is 0.914. The Labute approximate surface area is 83.6 Å². The van der Waals surface area contributed by atoms with E-state index in [9.17, 15) is 13.2 Å². The molecule has 1 aromatic rings. The molecule has 5 nitrogen and oxygen atoms in total. The summed E-state index contributed by atoms with van der Waals surface area (Å²) in [4.78, 5) is 6.92. The van der Waals surface area contributed by atoms with Gasteiger partial charge in [0, 0.05) is 19.7 Å². The highest BCUT2D eigenvalue weighted by atomic mass is 19.4. The molecule has 0 fully saturated rings. The monoisotopic (exact) mass is 221 g/mol. The summed E-state index contributed by atoms with van der Waals surface area (Å²) >= 11 is 0. The Hall–Kier alpha value is -1.44. The van der Waals surface area contributed by atoms with Crippen LogP contribution in [0.25, 0.3) is 0 Å². The minimum absolute atomic E-state index is 0.00206. The summed E-state index contributed by atoms with van der Waals surface area (Å²) in [5.41, 5.74) is 5.55. The predicted molar refractivity (Wildman–Crippen MR) is 47.3 cm³/mol. The number of halogens is 3. The van der Waals surface area contributed by atoms with Gasteiger partial charge in [-0.1, -0.05) is 0 Å². The van der Waals surface area contributed by atoms with Crippen molar-refractivity contribution in [2.45, 2.75) is 18.6 Å². The maximum absolute atomic E-state index is 12.1. The van der Waals surface area contributed by atoms with Gasteiger partial charge in [-0.3, -0.25) is 5.10 Å². The van der Waals surface area contributed by atoms with Gasteiger partial charge < -0.3 is 10.7 Å². The molecular formula is C7H10F3N5. The summed E-state index contributed by atoms with van der Waals surface area (Å²) in [5, 5.41) is 5.18. The van der Waals surface area contributed by atoms with Crippen molar-refractivity contribution in [3.05, 3.63) is 11.6 Å². The number of rotatable bonds is 3. The Balaban J connectivity index is 2.75. The van der Waals surface area contributed by atoms with Crippen LogP contribution in [0.4, 0.5) is 13.2 Å². The third kappa shape index (κ3) is 3.01. The Kier molecular flexibility index (Phi) is 3.40. The lowest BCUT2D eigenvalue weighted by Gasteiger charge is -2.02. The molecule has 1 heterocycles. The van der Waals surface area contributed by atoms with Gasteiger partial charge in [-0.15, -0.1) is 5.10 Å². The van der Waals surface area contributed by atoms with Crippen molar-refractivity contribution in [2.75, 3.05) is 7.05 Å². The number of H-pyrrole nitrogens is 1. The van der Waals surface area contributed by atoms with Crippen LogP contribution in [0.5, 0.6) is 0 Å². The van der Waals surface area contributed by atoms with Crippen LogP contribution in [0.1, 0.15) is 24.1 Å². The van der Waals surface area contributed by atoms with Crippen LogP contribution in [0.15, 0.2) is 4.99 Å². The number of nitrogens with two attached hydrogens (primary N) is 1. The summed E-state index contributed by atoms with van der Waals surface area (Å²) < 4.78 is 36.3. The first kappa shape index (κ1) is 11.6. The van der Waals surface area contributed by atoms with Crippen molar-refractivity contribution < 1.29 is 13.2 Å². The molecule has 1 rings (SSSR count). The van der Waals surface area contributed by atoms with Gasteiger partial charge in [0.1, 0.15) is 5.82 Å². The van der Waals surface area contributed by atoms with Crippen molar-refractivity contribution in [2.24, 2.45) is 10.7 Å². The van der Waals surface area contributed by atoms with Crippen LogP contribution in [0.2, 0.25) is 0 Å². The van der Waals surface area contributed by atoms with Gasteiger partial charge in [-0.05, 0) is 0 Å². The van der Waals surface area contributed by atoms with Gasteiger partial charge in [0.05, 0.1) is 6.04 Å². The van der Waals surface area contributed by atoms with Crippen LogP contribution in [0.3, 0.4) is 0 Å². The third-order valence-corrected chi connectivity index (χ3v) is 1.65. The lowest BCUT2D eigenvalue weighted by molar-refractivity contribution is -0.144. The molecule has 0 spiro atoms. The first-order chi connectivity index (χ1) is 6.95. The van der Waals surface area contributed by atoms with Crippen molar-refractivity contribution in [3.8, 4) is 0 Å². The molecule has 0 radical (unpaired) electrons. The highest BCUT2D eigenvalue weighted by Gasteiger charge is 2.36. The molecule has 0 aliphatic carbocycles. The van der Waals surface area contributed by atoms with Crippen LogP contribution in [-0.2, 0) is 6.18 Å². The highest BCUT2D eigenvalue weighted by Crippen LogP contribution is 2.26. The van der Waals surface area contributed by atoms with Crippen molar-refractivity contribution in [3.63, 3.8) is 0 Å². The highest BCUT2D eigenvalue weighted by molar-refractivity contribution is 5.57. The van der Waals surface area contributed by atoms with Crippen LogP contribution >= 0.6 is 0 Å². The molecule has 0 aromatic carbocycles. The zero-order chi connectivity index (χ0) is 11.5. The second-order valence-corrected chi connectivity index (χ2v) is 2.82. The van der Waals surface area contributed by atoms with Gasteiger partial charge in [0.2, 0.25) is 0 Å². The topological polar surface area (TPSA) is 79.9 Å². The molecule has 15 heavy (non-hydrogen) atoms. The maximum atomic E-state index is 12.1. The minimum Gasteiger partial charge on any atom is -0.321 e. The van der Waals surface area contributed by atoms with Crippen molar-refractivity contribution >= 4 is 6.21 Å². The third-order valence-electron chi connectivity index (χ3n) is 1.65. The fourth-order valence-corrected chi connectivity index (χ4v) is 0.898. The number of aromatic amines is 1. The number of aromatic nitrogens is 3. The van der Waals surface area contributed by atoms with Gasteiger partial charge in [0.25, 0.3) is 5.82 Å². The largest absolute Gasteiger partial charge is 0.453 e. The van der Waals surface area contributed by atoms with E-state index >= 15 is 0 Å². The molecule has 0 saturated heterocycles. The zero-order valence-electron chi connectivity index (χ0n) is 7.91.